The second-order valence-electron chi connectivity index (χ2n) is 7.03. The van der Waals surface area contributed by atoms with E-state index >= 15 is 0 Å². The molecule has 2 nitrogen and oxygen atoms in total. The summed E-state index contributed by atoms with van der Waals surface area (Å²) in [5.74, 6) is 1.41. The van der Waals surface area contributed by atoms with Crippen molar-refractivity contribution in [3.63, 3.8) is 0 Å². The number of likely N-dealkylation sites (tertiary alicyclic amines) is 1. The molecule has 0 aromatic heterocycles. The molecular formula is C17H27N2+. The Morgan fingerprint density at radius 1 is 1.16 bits per heavy atom. The lowest BCUT2D eigenvalue weighted by molar-refractivity contribution is -0.914. The molecule has 2 aliphatic heterocycles. The molecule has 0 aliphatic carbocycles. The molecule has 0 radical (unpaired) electrons. The van der Waals surface area contributed by atoms with Crippen molar-refractivity contribution in [2.24, 2.45) is 5.92 Å². The molecule has 1 spiro atoms. The van der Waals surface area contributed by atoms with E-state index in [0.717, 1.165) is 12.0 Å². The van der Waals surface area contributed by atoms with Gasteiger partial charge in [-0.15, -0.1) is 0 Å². The third-order valence-electron chi connectivity index (χ3n) is 5.63. The maximum atomic E-state index is 3.93. The predicted octanol–water partition coefficient (Wildman–Crippen LogP) is 2.29. The molecule has 2 heteroatoms. The van der Waals surface area contributed by atoms with Gasteiger partial charge in [-0.05, 0) is 30.9 Å². The van der Waals surface area contributed by atoms with Gasteiger partial charge in [0.25, 0.3) is 0 Å². The Hall–Kier alpha value is -1.02. The van der Waals surface area contributed by atoms with Crippen molar-refractivity contribution in [1.29, 1.82) is 0 Å². The van der Waals surface area contributed by atoms with Crippen LogP contribution in [-0.2, 0) is 0 Å². The summed E-state index contributed by atoms with van der Waals surface area (Å²) in [5.41, 5.74) is 3.19. The first-order valence-corrected chi connectivity index (χ1v) is 7.71. The number of anilines is 1. The summed E-state index contributed by atoms with van der Waals surface area (Å²) in [7, 11) is 2.34. The van der Waals surface area contributed by atoms with Crippen molar-refractivity contribution in [1.82, 2.24) is 0 Å². The van der Waals surface area contributed by atoms with Crippen LogP contribution in [0.5, 0.6) is 0 Å². The van der Waals surface area contributed by atoms with E-state index in [4.69, 9.17) is 0 Å². The van der Waals surface area contributed by atoms with E-state index in [1.165, 1.54) is 30.6 Å². The number of para-hydroxylation sites is 1. The highest BCUT2D eigenvalue weighted by Crippen LogP contribution is 2.44. The fourth-order valence-electron chi connectivity index (χ4n) is 4.28. The first-order valence-electron chi connectivity index (χ1n) is 7.71. The number of benzene rings is 1. The van der Waals surface area contributed by atoms with Crippen molar-refractivity contribution in [2.45, 2.75) is 51.1 Å². The number of rotatable bonds is 0. The van der Waals surface area contributed by atoms with E-state index in [2.05, 4.69) is 57.4 Å². The molecule has 104 valence electrons. The number of fused-ring (bicyclic) bond motifs is 1. The lowest BCUT2D eigenvalue weighted by Gasteiger charge is -2.51. The van der Waals surface area contributed by atoms with Gasteiger partial charge in [0.2, 0.25) is 0 Å². The van der Waals surface area contributed by atoms with Crippen LogP contribution >= 0.6 is 0 Å². The Morgan fingerprint density at radius 3 is 2.68 bits per heavy atom. The third kappa shape index (κ3) is 2.06. The standard InChI is InChI=1S/C17H26N2/c1-12-9-17(10-14(3)19(4)11-13(17)2)18-16-8-6-5-7-15(12)16/h5-8,12-14,18H,9-11H2,1-4H3/p+1/t12-,13+,14+,17+/m1/s1. The van der Waals surface area contributed by atoms with Gasteiger partial charge in [-0.2, -0.15) is 0 Å². The minimum Gasteiger partial charge on any atom is -0.379 e. The van der Waals surface area contributed by atoms with E-state index in [9.17, 15) is 0 Å². The van der Waals surface area contributed by atoms with E-state index < -0.39 is 0 Å². The second kappa shape index (κ2) is 4.52. The second-order valence-corrected chi connectivity index (χ2v) is 7.03. The smallest absolute Gasteiger partial charge is 0.0866 e. The topological polar surface area (TPSA) is 16.5 Å². The Morgan fingerprint density at radius 2 is 1.89 bits per heavy atom. The van der Waals surface area contributed by atoms with Crippen LogP contribution in [0.1, 0.15) is 45.1 Å². The van der Waals surface area contributed by atoms with Crippen molar-refractivity contribution < 1.29 is 4.90 Å². The fourth-order valence-corrected chi connectivity index (χ4v) is 4.28. The Labute approximate surface area is 117 Å². The van der Waals surface area contributed by atoms with Gasteiger partial charge in [0.15, 0.2) is 0 Å². The summed E-state index contributed by atoms with van der Waals surface area (Å²) in [6.07, 6.45) is 2.57. The zero-order chi connectivity index (χ0) is 13.6. The van der Waals surface area contributed by atoms with Gasteiger partial charge in [0.05, 0.1) is 25.2 Å². The van der Waals surface area contributed by atoms with E-state index in [-0.39, 0.29) is 0 Å². The van der Waals surface area contributed by atoms with Crippen LogP contribution in [0.25, 0.3) is 0 Å². The molecule has 0 saturated carbocycles. The highest BCUT2D eigenvalue weighted by molar-refractivity contribution is 5.57. The molecule has 2 N–H and O–H groups in total. The quantitative estimate of drug-likeness (QED) is 0.731. The third-order valence-corrected chi connectivity index (χ3v) is 5.63. The maximum Gasteiger partial charge on any atom is 0.0866 e. The van der Waals surface area contributed by atoms with E-state index in [1.807, 2.05) is 0 Å². The fraction of sp³-hybridized carbons (Fsp3) is 0.647. The largest absolute Gasteiger partial charge is 0.379 e. The molecule has 19 heavy (non-hydrogen) atoms. The minimum atomic E-state index is 0.312. The molecule has 2 aliphatic rings. The monoisotopic (exact) mass is 259 g/mol. The molecule has 1 saturated heterocycles. The van der Waals surface area contributed by atoms with Crippen LogP contribution in [0.15, 0.2) is 24.3 Å². The highest BCUT2D eigenvalue weighted by Gasteiger charge is 2.47. The van der Waals surface area contributed by atoms with Crippen molar-refractivity contribution in [2.75, 3.05) is 18.9 Å². The molecule has 5 atom stereocenters. The normalized spacial score (nSPS) is 41.7. The van der Waals surface area contributed by atoms with Gasteiger partial charge in [0, 0.05) is 18.0 Å². The summed E-state index contributed by atoms with van der Waals surface area (Å²) in [6, 6.07) is 9.62. The van der Waals surface area contributed by atoms with Gasteiger partial charge in [-0.25, -0.2) is 0 Å². The van der Waals surface area contributed by atoms with Gasteiger partial charge >= 0.3 is 0 Å². The Kier molecular flexibility index (Phi) is 3.09. The number of quaternary nitrogens is 1. The number of nitrogens with one attached hydrogen (secondary N) is 2. The van der Waals surface area contributed by atoms with Crippen LogP contribution < -0.4 is 10.2 Å². The molecule has 2 heterocycles. The predicted molar refractivity (Wildman–Crippen MR) is 80.8 cm³/mol. The summed E-state index contributed by atoms with van der Waals surface area (Å²) >= 11 is 0. The Balaban J connectivity index is 1.95. The molecular weight excluding hydrogens is 232 g/mol. The zero-order valence-electron chi connectivity index (χ0n) is 12.7. The summed E-state index contributed by atoms with van der Waals surface area (Å²) < 4.78 is 0. The molecule has 1 aromatic carbocycles. The first kappa shape index (κ1) is 13.0. The van der Waals surface area contributed by atoms with Crippen molar-refractivity contribution >= 4 is 5.69 Å². The summed E-state index contributed by atoms with van der Waals surface area (Å²) in [6.45, 7) is 8.51. The molecule has 1 unspecified atom stereocenters. The van der Waals surface area contributed by atoms with Crippen LogP contribution in [0.4, 0.5) is 5.69 Å². The van der Waals surface area contributed by atoms with Gasteiger partial charge in [0.1, 0.15) is 0 Å². The van der Waals surface area contributed by atoms with Gasteiger partial charge in [-0.1, -0.05) is 32.0 Å². The number of hydrogen-bond acceptors (Lipinski definition) is 1. The Bertz CT molecular complexity index is 470. The summed E-state index contributed by atoms with van der Waals surface area (Å²) in [5, 5.41) is 3.93. The molecule has 0 amide bonds. The van der Waals surface area contributed by atoms with Crippen LogP contribution in [0.3, 0.4) is 0 Å². The first-order chi connectivity index (χ1) is 9.02. The average molecular weight is 259 g/mol. The van der Waals surface area contributed by atoms with Crippen molar-refractivity contribution in [3.05, 3.63) is 29.8 Å². The lowest BCUT2D eigenvalue weighted by atomic mass is 9.68. The van der Waals surface area contributed by atoms with Crippen LogP contribution in [0.2, 0.25) is 0 Å². The number of piperidine rings is 1. The molecule has 3 rings (SSSR count). The SMILES string of the molecule is C[C@@H]1C[C@@]2(C[C@H](C)[NH+](C)C[C@@H]2C)Nc2ccccc21. The zero-order valence-corrected chi connectivity index (χ0v) is 12.7. The van der Waals surface area contributed by atoms with Crippen LogP contribution in [-0.4, -0.2) is 25.2 Å². The maximum absolute atomic E-state index is 3.93. The highest BCUT2D eigenvalue weighted by atomic mass is 15.2. The van der Waals surface area contributed by atoms with E-state index in [1.54, 1.807) is 4.90 Å². The van der Waals surface area contributed by atoms with E-state index in [0.29, 0.717) is 11.5 Å². The molecule has 0 bridgehead atoms. The van der Waals surface area contributed by atoms with Gasteiger partial charge in [-0.3, -0.25) is 0 Å². The van der Waals surface area contributed by atoms with Crippen LogP contribution in [0, 0.1) is 5.92 Å². The lowest BCUT2D eigenvalue weighted by Crippen LogP contribution is -3.15. The summed E-state index contributed by atoms with van der Waals surface area (Å²) in [4.78, 5) is 1.69. The minimum absolute atomic E-state index is 0.312. The van der Waals surface area contributed by atoms with Gasteiger partial charge < -0.3 is 10.2 Å². The average Bonchev–Trinajstić information content (AvgIpc) is 2.37. The molecule has 1 fully saturated rings. The molecule has 1 aromatic rings. The number of hydrogen-bond donors (Lipinski definition) is 2. The van der Waals surface area contributed by atoms with Crippen molar-refractivity contribution in [3.8, 4) is 0 Å².